The molecule has 0 spiro atoms. The fourth-order valence-corrected chi connectivity index (χ4v) is 4.46. The van der Waals surface area contributed by atoms with Gasteiger partial charge in [0.05, 0.1) is 0 Å². The van der Waals surface area contributed by atoms with Crippen LogP contribution >= 0.6 is 15.9 Å². The van der Waals surface area contributed by atoms with Crippen LogP contribution < -0.4 is 4.74 Å². The Morgan fingerprint density at radius 3 is 2.85 bits per heavy atom. The highest BCUT2D eigenvalue weighted by Crippen LogP contribution is 2.29. The minimum absolute atomic E-state index is 0.0630. The number of hydrogen-bond acceptors (Lipinski definition) is 3. The van der Waals surface area contributed by atoms with Gasteiger partial charge in [0.25, 0.3) is 5.91 Å². The summed E-state index contributed by atoms with van der Waals surface area (Å²) >= 11 is 3.42. The second-order valence-corrected chi connectivity index (χ2v) is 8.47. The summed E-state index contributed by atoms with van der Waals surface area (Å²) in [7, 11) is 0. The van der Waals surface area contributed by atoms with E-state index in [0.717, 1.165) is 49.1 Å². The van der Waals surface area contributed by atoms with Gasteiger partial charge in [0.1, 0.15) is 11.6 Å². The van der Waals surface area contributed by atoms with Crippen molar-refractivity contribution in [3.05, 3.63) is 46.5 Å². The lowest BCUT2D eigenvalue weighted by molar-refractivity contribution is -0.139. The molecule has 2 aliphatic rings. The van der Waals surface area contributed by atoms with E-state index in [-0.39, 0.29) is 5.91 Å². The van der Waals surface area contributed by atoms with Crippen molar-refractivity contribution in [1.82, 2.24) is 14.5 Å². The summed E-state index contributed by atoms with van der Waals surface area (Å²) < 4.78 is 9.26. The standard InChI is InChI=1S/C21H26BrN3O2/c1-15(27-19-9-7-17(22)8-10-19)21(26)24-11-4-5-16(14-24)20-23-13-18-6-2-3-12-25(18)20/h7-10,13,15-16H,2-6,11-12,14H2,1H3/t15-,16-/m1/s1. The molecule has 6 heteroatoms. The average Bonchev–Trinajstić information content (AvgIpc) is 3.13. The molecule has 5 nitrogen and oxygen atoms in total. The maximum atomic E-state index is 12.9. The van der Waals surface area contributed by atoms with Gasteiger partial charge in [0.2, 0.25) is 0 Å². The van der Waals surface area contributed by atoms with Gasteiger partial charge in [-0.3, -0.25) is 4.79 Å². The van der Waals surface area contributed by atoms with Gasteiger partial charge in [-0.05, 0) is 63.3 Å². The zero-order chi connectivity index (χ0) is 18.8. The lowest BCUT2D eigenvalue weighted by atomic mass is 9.96. The Hall–Kier alpha value is -1.82. The molecular weight excluding hydrogens is 406 g/mol. The first kappa shape index (κ1) is 18.5. The number of hydrogen-bond donors (Lipinski definition) is 0. The predicted octanol–water partition coefficient (Wildman–Crippen LogP) is 4.16. The Kier molecular flexibility index (Phi) is 5.53. The van der Waals surface area contributed by atoms with Crippen LogP contribution in [0, 0.1) is 0 Å². The highest BCUT2D eigenvalue weighted by molar-refractivity contribution is 9.10. The molecule has 2 atom stereocenters. The number of ether oxygens (including phenoxy) is 1. The second-order valence-electron chi connectivity index (χ2n) is 7.55. The van der Waals surface area contributed by atoms with E-state index in [0.29, 0.717) is 5.92 Å². The van der Waals surface area contributed by atoms with Crippen LogP contribution in [0.3, 0.4) is 0 Å². The molecule has 3 heterocycles. The molecule has 0 aliphatic carbocycles. The molecule has 1 amide bonds. The van der Waals surface area contributed by atoms with E-state index in [9.17, 15) is 4.79 Å². The average molecular weight is 432 g/mol. The Bertz CT molecular complexity index is 802. The van der Waals surface area contributed by atoms with Crippen molar-refractivity contribution in [2.75, 3.05) is 13.1 Å². The SMILES string of the molecule is C[C@@H](Oc1ccc(Br)cc1)C(=O)N1CCC[C@@H](c2ncc3n2CCCC3)C1. The molecule has 2 aromatic rings. The number of likely N-dealkylation sites (tertiary alicyclic amines) is 1. The largest absolute Gasteiger partial charge is 0.481 e. The number of halogens is 1. The summed E-state index contributed by atoms with van der Waals surface area (Å²) in [6.45, 7) is 4.45. The summed E-state index contributed by atoms with van der Waals surface area (Å²) in [5, 5.41) is 0. The zero-order valence-electron chi connectivity index (χ0n) is 15.7. The van der Waals surface area contributed by atoms with E-state index in [1.807, 2.05) is 42.3 Å². The number of amides is 1. The number of aryl methyl sites for hydroxylation is 1. The van der Waals surface area contributed by atoms with E-state index in [1.165, 1.54) is 24.4 Å². The third-order valence-electron chi connectivity index (χ3n) is 5.61. The van der Waals surface area contributed by atoms with Gasteiger partial charge in [-0.15, -0.1) is 0 Å². The highest BCUT2D eigenvalue weighted by atomic mass is 79.9. The molecule has 1 aromatic heterocycles. The molecule has 0 N–H and O–H groups in total. The van der Waals surface area contributed by atoms with Crippen LogP contribution in [0.15, 0.2) is 34.9 Å². The van der Waals surface area contributed by atoms with Crippen molar-refractivity contribution in [1.29, 1.82) is 0 Å². The van der Waals surface area contributed by atoms with Crippen molar-refractivity contribution in [2.24, 2.45) is 0 Å². The maximum Gasteiger partial charge on any atom is 0.263 e. The van der Waals surface area contributed by atoms with Crippen LogP contribution in [0.5, 0.6) is 5.75 Å². The fraction of sp³-hybridized carbons (Fsp3) is 0.524. The van der Waals surface area contributed by atoms with Gasteiger partial charge in [-0.25, -0.2) is 4.98 Å². The third kappa shape index (κ3) is 4.05. The first-order valence-electron chi connectivity index (χ1n) is 9.87. The Morgan fingerprint density at radius 2 is 2.04 bits per heavy atom. The molecule has 0 radical (unpaired) electrons. The molecule has 4 rings (SSSR count). The first-order chi connectivity index (χ1) is 13.1. The molecule has 0 bridgehead atoms. The van der Waals surface area contributed by atoms with Gasteiger partial charge in [0.15, 0.2) is 6.10 Å². The van der Waals surface area contributed by atoms with Crippen molar-refractivity contribution in [2.45, 2.75) is 57.6 Å². The van der Waals surface area contributed by atoms with Crippen molar-refractivity contribution in [3.8, 4) is 5.75 Å². The van der Waals surface area contributed by atoms with Gasteiger partial charge in [0, 0.05) is 41.9 Å². The van der Waals surface area contributed by atoms with Crippen LogP contribution in [0.25, 0.3) is 0 Å². The number of benzene rings is 1. The summed E-state index contributed by atoms with van der Waals surface area (Å²) in [5.41, 5.74) is 1.35. The summed E-state index contributed by atoms with van der Waals surface area (Å²) in [6, 6.07) is 7.60. The van der Waals surface area contributed by atoms with E-state index in [1.54, 1.807) is 0 Å². The van der Waals surface area contributed by atoms with Crippen LogP contribution in [-0.2, 0) is 17.8 Å². The molecule has 27 heavy (non-hydrogen) atoms. The van der Waals surface area contributed by atoms with E-state index in [2.05, 4.69) is 20.5 Å². The van der Waals surface area contributed by atoms with Crippen LogP contribution in [0.4, 0.5) is 0 Å². The van der Waals surface area contributed by atoms with Crippen molar-refractivity contribution >= 4 is 21.8 Å². The zero-order valence-corrected chi connectivity index (χ0v) is 17.3. The lowest BCUT2D eigenvalue weighted by Gasteiger charge is -2.34. The van der Waals surface area contributed by atoms with E-state index >= 15 is 0 Å². The molecule has 144 valence electrons. The number of nitrogens with zero attached hydrogens (tertiary/aromatic N) is 3. The van der Waals surface area contributed by atoms with Gasteiger partial charge in [-0.1, -0.05) is 15.9 Å². The highest BCUT2D eigenvalue weighted by Gasteiger charge is 2.31. The fourth-order valence-electron chi connectivity index (χ4n) is 4.20. The second kappa shape index (κ2) is 8.05. The van der Waals surface area contributed by atoms with Crippen LogP contribution in [-0.4, -0.2) is 39.6 Å². The summed E-state index contributed by atoms with van der Waals surface area (Å²) in [6.07, 6.45) is 7.27. The topological polar surface area (TPSA) is 47.4 Å². The molecule has 0 unspecified atom stereocenters. The third-order valence-corrected chi connectivity index (χ3v) is 6.13. The number of piperidine rings is 1. The normalized spacial score (nSPS) is 20.8. The number of fused-ring (bicyclic) bond motifs is 1. The van der Waals surface area contributed by atoms with E-state index < -0.39 is 6.10 Å². The van der Waals surface area contributed by atoms with Crippen molar-refractivity contribution in [3.63, 3.8) is 0 Å². The predicted molar refractivity (Wildman–Crippen MR) is 108 cm³/mol. The molecule has 1 aromatic carbocycles. The van der Waals surface area contributed by atoms with Gasteiger partial charge in [-0.2, -0.15) is 0 Å². The number of imidazole rings is 1. The maximum absolute atomic E-state index is 12.9. The Labute approximate surface area is 168 Å². The summed E-state index contributed by atoms with van der Waals surface area (Å²) in [5.74, 6) is 2.28. The Morgan fingerprint density at radius 1 is 1.22 bits per heavy atom. The molecule has 2 aliphatic heterocycles. The van der Waals surface area contributed by atoms with Gasteiger partial charge >= 0.3 is 0 Å². The molecule has 1 saturated heterocycles. The Balaban J connectivity index is 1.42. The lowest BCUT2D eigenvalue weighted by Crippen LogP contribution is -2.45. The minimum Gasteiger partial charge on any atom is -0.481 e. The molecular formula is C21H26BrN3O2. The van der Waals surface area contributed by atoms with Gasteiger partial charge < -0.3 is 14.2 Å². The number of carbonyl (C=O) groups is 1. The number of rotatable bonds is 4. The van der Waals surface area contributed by atoms with Crippen LogP contribution in [0.2, 0.25) is 0 Å². The molecule has 0 saturated carbocycles. The number of aromatic nitrogens is 2. The summed E-state index contributed by atoms with van der Waals surface area (Å²) in [4.78, 5) is 19.6. The van der Waals surface area contributed by atoms with E-state index in [4.69, 9.17) is 9.72 Å². The minimum atomic E-state index is -0.487. The molecule has 1 fully saturated rings. The van der Waals surface area contributed by atoms with Crippen LogP contribution in [0.1, 0.15) is 50.0 Å². The number of carbonyl (C=O) groups excluding carboxylic acids is 1. The quantitative estimate of drug-likeness (QED) is 0.729. The first-order valence-corrected chi connectivity index (χ1v) is 10.7. The smallest absolute Gasteiger partial charge is 0.263 e. The monoisotopic (exact) mass is 431 g/mol. The van der Waals surface area contributed by atoms with Crippen molar-refractivity contribution < 1.29 is 9.53 Å².